The smallest absolute Gasteiger partial charge is 0.0947 e. The van der Waals surface area contributed by atoms with Gasteiger partial charge in [-0.25, -0.2) is 0 Å². The van der Waals surface area contributed by atoms with Crippen LogP contribution in [0, 0.1) is 0 Å². The van der Waals surface area contributed by atoms with Crippen molar-refractivity contribution in [1.82, 2.24) is 10.2 Å². The molecule has 0 radical (unpaired) electrons. The summed E-state index contributed by atoms with van der Waals surface area (Å²) >= 11 is 0. The molecule has 2 saturated heterocycles. The van der Waals surface area contributed by atoms with Crippen molar-refractivity contribution >= 4 is 0 Å². The van der Waals surface area contributed by atoms with E-state index >= 15 is 0 Å². The number of nitrogens with one attached hydrogen (secondary N) is 1. The summed E-state index contributed by atoms with van der Waals surface area (Å²) in [5.74, 6) is 0. The molecule has 17 heavy (non-hydrogen) atoms. The molecule has 3 heterocycles. The van der Waals surface area contributed by atoms with Crippen molar-refractivity contribution in [2.75, 3.05) is 13.1 Å². The standard InChI is InChI=1S/C14H22N2O/c1-2-8-16(10-12-6-9-17-11-12)14(5-1)13-4-3-7-15-13/h6,9,11,13-15H,1-5,7-8,10H2. The van der Waals surface area contributed by atoms with E-state index in [4.69, 9.17) is 4.42 Å². The van der Waals surface area contributed by atoms with E-state index in [9.17, 15) is 0 Å². The average molecular weight is 234 g/mol. The Bertz CT molecular complexity index is 330. The summed E-state index contributed by atoms with van der Waals surface area (Å²) in [5, 5.41) is 3.67. The first-order valence-electron chi connectivity index (χ1n) is 6.92. The monoisotopic (exact) mass is 234 g/mol. The molecule has 2 aliphatic heterocycles. The maximum absolute atomic E-state index is 5.17. The lowest BCUT2D eigenvalue weighted by atomic mass is 9.94. The number of piperidine rings is 1. The third-order valence-corrected chi connectivity index (χ3v) is 4.19. The Labute approximate surface area is 103 Å². The molecular weight excluding hydrogens is 212 g/mol. The van der Waals surface area contributed by atoms with Crippen molar-refractivity contribution in [1.29, 1.82) is 0 Å². The van der Waals surface area contributed by atoms with Crippen molar-refractivity contribution in [2.45, 2.75) is 50.7 Å². The van der Waals surface area contributed by atoms with Gasteiger partial charge in [-0.05, 0) is 44.8 Å². The summed E-state index contributed by atoms with van der Waals surface area (Å²) < 4.78 is 5.17. The van der Waals surface area contributed by atoms with Gasteiger partial charge in [-0.1, -0.05) is 6.42 Å². The van der Waals surface area contributed by atoms with Crippen LogP contribution in [0.3, 0.4) is 0 Å². The predicted molar refractivity (Wildman–Crippen MR) is 67.8 cm³/mol. The van der Waals surface area contributed by atoms with E-state index in [1.165, 1.54) is 50.8 Å². The van der Waals surface area contributed by atoms with E-state index in [2.05, 4.69) is 16.3 Å². The third kappa shape index (κ3) is 2.55. The zero-order valence-corrected chi connectivity index (χ0v) is 10.4. The minimum atomic E-state index is 0.724. The van der Waals surface area contributed by atoms with Crippen LogP contribution in [0.1, 0.15) is 37.7 Å². The van der Waals surface area contributed by atoms with Crippen LogP contribution in [0.25, 0.3) is 0 Å². The SMILES string of the molecule is c1cc(CN2CCCCC2C2CCCN2)co1. The lowest BCUT2D eigenvalue weighted by Gasteiger charge is -2.39. The van der Waals surface area contributed by atoms with Crippen molar-refractivity contribution < 1.29 is 4.42 Å². The first-order valence-corrected chi connectivity index (χ1v) is 6.92. The van der Waals surface area contributed by atoms with Gasteiger partial charge in [0.15, 0.2) is 0 Å². The highest BCUT2D eigenvalue weighted by molar-refractivity contribution is 5.06. The molecular formula is C14H22N2O. The molecule has 1 N–H and O–H groups in total. The average Bonchev–Trinajstić information content (AvgIpc) is 3.01. The van der Waals surface area contributed by atoms with Crippen LogP contribution < -0.4 is 5.32 Å². The molecule has 3 heteroatoms. The summed E-state index contributed by atoms with van der Waals surface area (Å²) in [4.78, 5) is 2.65. The van der Waals surface area contributed by atoms with Gasteiger partial charge in [0, 0.05) is 24.2 Å². The Kier molecular flexibility index (Phi) is 3.48. The van der Waals surface area contributed by atoms with Gasteiger partial charge in [-0.3, -0.25) is 4.90 Å². The van der Waals surface area contributed by atoms with Crippen molar-refractivity contribution in [3.63, 3.8) is 0 Å². The molecule has 0 saturated carbocycles. The predicted octanol–water partition coefficient (Wildman–Crippen LogP) is 2.39. The van der Waals surface area contributed by atoms with E-state index < -0.39 is 0 Å². The molecule has 0 bridgehead atoms. The summed E-state index contributed by atoms with van der Waals surface area (Å²) in [6, 6.07) is 3.55. The van der Waals surface area contributed by atoms with Crippen LogP contribution in [-0.2, 0) is 6.54 Å². The van der Waals surface area contributed by atoms with Gasteiger partial charge >= 0.3 is 0 Å². The molecule has 3 rings (SSSR count). The van der Waals surface area contributed by atoms with Gasteiger partial charge in [0.25, 0.3) is 0 Å². The van der Waals surface area contributed by atoms with E-state index in [1.54, 1.807) is 6.26 Å². The molecule has 0 amide bonds. The van der Waals surface area contributed by atoms with Gasteiger partial charge in [-0.15, -0.1) is 0 Å². The highest BCUT2D eigenvalue weighted by Crippen LogP contribution is 2.25. The number of hydrogen-bond donors (Lipinski definition) is 1. The van der Waals surface area contributed by atoms with Crippen molar-refractivity contribution in [3.05, 3.63) is 24.2 Å². The second-order valence-electron chi connectivity index (χ2n) is 5.37. The summed E-state index contributed by atoms with van der Waals surface area (Å²) in [6.45, 7) is 3.51. The quantitative estimate of drug-likeness (QED) is 0.870. The van der Waals surface area contributed by atoms with Crippen molar-refractivity contribution in [2.24, 2.45) is 0 Å². The summed E-state index contributed by atoms with van der Waals surface area (Å²) in [5.41, 5.74) is 1.31. The van der Waals surface area contributed by atoms with E-state index in [0.717, 1.165) is 18.6 Å². The number of nitrogens with zero attached hydrogens (tertiary/aromatic N) is 1. The Morgan fingerprint density at radius 2 is 2.29 bits per heavy atom. The second kappa shape index (κ2) is 5.23. The van der Waals surface area contributed by atoms with E-state index in [0.29, 0.717) is 0 Å². The summed E-state index contributed by atoms with van der Waals surface area (Å²) in [6.07, 6.45) is 10.5. The Morgan fingerprint density at radius 1 is 1.29 bits per heavy atom. The number of likely N-dealkylation sites (tertiary alicyclic amines) is 1. The lowest BCUT2D eigenvalue weighted by molar-refractivity contribution is 0.112. The molecule has 2 atom stereocenters. The van der Waals surface area contributed by atoms with Gasteiger partial charge in [0.05, 0.1) is 12.5 Å². The van der Waals surface area contributed by atoms with Crippen LogP contribution in [-0.4, -0.2) is 30.1 Å². The van der Waals surface area contributed by atoms with E-state index in [-0.39, 0.29) is 0 Å². The third-order valence-electron chi connectivity index (χ3n) is 4.19. The van der Waals surface area contributed by atoms with Crippen LogP contribution in [0.2, 0.25) is 0 Å². The Balaban J connectivity index is 1.66. The molecule has 1 aromatic heterocycles. The number of rotatable bonds is 3. The largest absolute Gasteiger partial charge is 0.472 e. The molecule has 2 fully saturated rings. The highest BCUT2D eigenvalue weighted by Gasteiger charge is 2.31. The summed E-state index contributed by atoms with van der Waals surface area (Å²) in [7, 11) is 0. The minimum absolute atomic E-state index is 0.724. The molecule has 2 unspecified atom stereocenters. The topological polar surface area (TPSA) is 28.4 Å². The van der Waals surface area contributed by atoms with Crippen LogP contribution >= 0.6 is 0 Å². The highest BCUT2D eigenvalue weighted by atomic mass is 16.3. The zero-order chi connectivity index (χ0) is 11.5. The maximum Gasteiger partial charge on any atom is 0.0947 e. The number of furan rings is 1. The fourth-order valence-corrected chi connectivity index (χ4v) is 3.33. The fraction of sp³-hybridized carbons (Fsp3) is 0.714. The minimum Gasteiger partial charge on any atom is -0.472 e. The molecule has 2 aliphatic rings. The second-order valence-corrected chi connectivity index (χ2v) is 5.37. The van der Waals surface area contributed by atoms with Gasteiger partial charge < -0.3 is 9.73 Å². The van der Waals surface area contributed by atoms with Crippen LogP contribution in [0.5, 0.6) is 0 Å². The van der Waals surface area contributed by atoms with Crippen molar-refractivity contribution in [3.8, 4) is 0 Å². The first-order chi connectivity index (χ1) is 8.43. The normalized spacial score (nSPS) is 30.8. The Morgan fingerprint density at radius 3 is 3.06 bits per heavy atom. The Hall–Kier alpha value is -0.800. The first kappa shape index (κ1) is 11.3. The zero-order valence-electron chi connectivity index (χ0n) is 10.4. The molecule has 0 aliphatic carbocycles. The van der Waals surface area contributed by atoms with Gasteiger partial charge in [-0.2, -0.15) is 0 Å². The fourth-order valence-electron chi connectivity index (χ4n) is 3.33. The lowest BCUT2D eigenvalue weighted by Crippen LogP contribution is -2.49. The van der Waals surface area contributed by atoms with Crippen LogP contribution in [0.15, 0.2) is 23.0 Å². The van der Waals surface area contributed by atoms with Gasteiger partial charge in [0.2, 0.25) is 0 Å². The molecule has 1 aromatic rings. The molecule has 0 spiro atoms. The molecule has 3 nitrogen and oxygen atoms in total. The maximum atomic E-state index is 5.17. The van der Waals surface area contributed by atoms with Gasteiger partial charge in [0.1, 0.15) is 0 Å². The molecule has 0 aromatic carbocycles. The molecule has 94 valence electrons. The van der Waals surface area contributed by atoms with E-state index in [1.807, 2.05) is 6.26 Å². The van der Waals surface area contributed by atoms with Crippen LogP contribution in [0.4, 0.5) is 0 Å². The number of hydrogen-bond acceptors (Lipinski definition) is 3.